The zero-order chi connectivity index (χ0) is 12.3. The number of hydrogen-bond donors (Lipinski definition) is 1. The van der Waals surface area contributed by atoms with Crippen molar-refractivity contribution in [3.8, 4) is 0 Å². The van der Waals surface area contributed by atoms with Gasteiger partial charge in [0.1, 0.15) is 0 Å². The first kappa shape index (κ1) is 12.8. The maximum Gasteiger partial charge on any atom is 0.242 e. The molecule has 2 saturated heterocycles. The monoisotopic (exact) mass is 240 g/mol. The maximum atomic E-state index is 12.5. The average Bonchev–Trinajstić information content (AvgIpc) is 2.39. The minimum Gasteiger partial charge on any atom is -0.381 e. The molecule has 2 aliphatic rings. The molecule has 17 heavy (non-hydrogen) atoms. The van der Waals surface area contributed by atoms with Crippen LogP contribution in [0.25, 0.3) is 0 Å². The number of likely N-dealkylation sites (N-methyl/N-ethyl adjacent to an activating group) is 1. The van der Waals surface area contributed by atoms with Crippen LogP contribution in [0, 0.1) is 0 Å². The highest BCUT2D eigenvalue weighted by Crippen LogP contribution is 2.23. The molecule has 0 bridgehead atoms. The lowest BCUT2D eigenvalue weighted by Gasteiger charge is -2.40. The molecule has 0 aliphatic carbocycles. The van der Waals surface area contributed by atoms with Gasteiger partial charge >= 0.3 is 0 Å². The van der Waals surface area contributed by atoms with Crippen molar-refractivity contribution in [1.82, 2.24) is 10.2 Å². The van der Waals surface area contributed by atoms with Crippen LogP contribution in [-0.2, 0) is 9.53 Å². The van der Waals surface area contributed by atoms with Crippen molar-refractivity contribution in [1.29, 1.82) is 0 Å². The lowest BCUT2D eigenvalue weighted by molar-refractivity contribution is -0.141. The first-order valence-corrected chi connectivity index (χ1v) is 6.73. The van der Waals surface area contributed by atoms with Crippen molar-refractivity contribution >= 4 is 5.91 Å². The number of nitrogens with one attached hydrogen (secondary N) is 1. The lowest BCUT2D eigenvalue weighted by Crippen LogP contribution is -2.59. The molecule has 1 N–H and O–H groups in total. The van der Waals surface area contributed by atoms with E-state index in [0.717, 1.165) is 45.4 Å². The van der Waals surface area contributed by atoms with Gasteiger partial charge in [0.05, 0.1) is 5.54 Å². The van der Waals surface area contributed by atoms with E-state index >= 15 is 0 Å². The summed E-state index contributed by atoms with van der Waals surface area (Å²) in [6.45, 7) is 4.58. The van der Waals surface area contributed by atoms with Crippen LogP contribution in [0.1, 0.15) is 39.0 Å². The molecular weight excluding hydrogens is 216 g/mol. The van der Waals surface area contributed by atoms with Crippen LogP contribution < -0.4 is 5.32 Å². The van der Waals surface area contributed by atoms with Crippen LogP contribution in [0.2, 0.25) is 0 Å². The molecule has 0 aromatic heterocycles. The van der Waals surface area contributed by atoms with E-state index in [0.29, 0.717) is 6.04 Å². The number of ether oxygens (including phenoxy) is 1. The summed E-state index contributed by atoms with van der Waals surface area (Å²) in [5.74, 6) is 0.254. The number of carbonyl (C=O) groups excluding carboxylic acids is 1. The highest BCUT2D eigenvalue weighted by Gasteiger charge is 2.38. The molecule has 0 saturated carbocycles. The molecule has 0 aromatic rings. The minimum absolute atomic E-state index is 0.254. The first-order chi connectivity index (χ1) is 8.13. The summed E-state index contributed by atoms with van der Waals surface area (Å²) in [7, 11) is 1.94. The van der Waals surface area contributed by atoms with Crippen LogP contribution in [0.5, 0.6) is 0 Å². The minimum atomic E-state index is -0.342. The van der Waals surface area contributed by atoms with E-state index in [1.807, 2.05) is 18.9 Å². The van der Waals surface area contributed by atoms with Gasteiger partial charge in [0.15, 0.2) is 0 Å². The van der Waals surface area contributed by atoms with Gasteiger partial charge in [-0.25, -0.2) is 0 Å². The van der Waals surface area contributed by atoms with Gasteiger partial charge in [0.25, 0.3) is 0 Å². The van der Waals surface area contributed by atoms with E-state index in [9.17, 15) is 4.79 Å². The third kappa shape index (κ3) is 2.80. The molecule has 2 rings (SSSR count). The van der Waals surface area contributed by atoms with Crippen molar-refractivity contribution in [2.24, 2.45) is 0 Å². The van der Waals surface area contributed by atoms with E-state index in [1.54, 1.807) is 0 Å². The van der Waals surface area contributed by atoms with Gasteiger partial charge in [-0.15, -0.1) is 0 Å². The topological polar surface area (TPSA) is 41.6 Å². The molecule has 98 valence electrons. The van der Waals surface area contributed by atoms with Gasteiger partial charge in [-0.2, -0.15) is 0 Å². The SMILES string of the molecule is CN(C(=O)C1(C)CCCCN1)C1CCOCC1. The van der Waals surface area contributed by atoms with Crippen LogP contribution in [-0.4, -0.2) is 49.2 Å². The molecule has 1 amide bonds. The normalized spacial score (nSPS) is 31.2. The fourth-order valence-electron chi connectivity index (χ4n) is 2.87. The van der Waals surface area contributed by atoms with Gasteiger partial charge in [0, 0.05) is 26.3 Å². The summed E-state index contributed by atoms with van der Waals surface area (Å²) in [4.78, 5) is 14.5. The molecule has 4 heteroatoms. The summed E-state index contributed by atoms with van der Waals surface area (Å²) in [6, 6.07) is 0.358. The highest BCUT2D eigenvalue weighted by atomic mass is 16.5. The largest absolute Gasteiger partial charge is 0.381 e. The van der Waals surface area contributed by atoms with Gasteiger partial charge in [0.2, 0.25) is 5.91 Å². The van der Waals surface area contributed by atoms with Crippen LogP contribution >= 0.6 is 0 Å². The summed E-state index contributed by atoms with van der Waals surface area (Å²) >= 11 is 0. The molecular formula is C13H24N2O2. The number of amides is 1. The van der Waals surface area contributed by atoms with Crippen LogP contribution in [0.3, 0.4) is 0 Å². The molecule has 2 heterocycles. The molecule has 2 aliphatic heterocycles. The molecule has 1 atom stereocenters. The van der Waals surface area contributed by atoms with Crippen molar-refractivity contribution < 1.29 is 9.53 Å². The molecule has 4 nitrogen and oxygen atoms in total. The van der Waals surface area contributed by atoms with E-state index < -0.39 is 0 Å². The van der Waals surface area contributed by atoms with Crippen molar-refractivity contribution in [3.05, 3.63) is 0 Å². The molecule has 0 spiro atoms. The van der Waals surface area contributed by atoms with Crippen molar-refractivity contribution in [2.45, 2.75) is 50.6 Å². The Morgan fingerprint density at radius 3 is 2.65 bits per heavy atom. The number of hydrogen-bond acceptors (Lipinski definition) is 3. The second kappa shape index (κ2) is 5.36. The summed E-state index contributed by atoms with van der Waals surface area (Å²) in [6.07, 6.45) is 5.23. The Bertz CT molecular complexity index is 269. The van der Waals surface area contributed by atoms with Crippen LogP contribution in [0.15, 0.2) is 0 Å². The van der Waals surface area contributed by atoms with Gasteiger partial charge in [-0.05, 0) is 45.6 Å². The smallest absolute Gasteiger partial charge is 0.242 e. The Morgan fingerprint density at radius 2 is 2.06 bits per heavy atom. The molecule has 0 radical (unpaired) electrons. The zero-order valence-corrected chi connectivity index (χ0v) is 11.0. The number of rotatable bonds is 2. The standard InChI is InChI=1S/C13H24N2O2/c1-13(7-3-4-8-14-13)12(16)15(2)11-5-9-17-10-6-11/h11,14H,3-10H2,1-2H3. The Morgan fingerprint density at radius 1 is 1.35 bits per heavy atom. The molecule has 1 unspecified atom stereocenters. The van der Waals surface area contributed by atoms with Crippen LogP contribution in [0.4, 0.5) is 0 Å². The Hall–Kier alpha value is -0.610. The second-order valence-corrected chi connectivity index (χ2v) is 5.48. The van der Waals surface area contributed by atoms with E-state index in [2.05, 4.69) is 5.32 Å². The predicted molar refractivity (Wildman–Crippen MR) is 66.9 cm³/mol. The van der Waals surface area contributed by atoms with Gasteiger partial charge in [-0.1, -0.05) is 0 Å². The zero-order valence-electron chi connectivity index (χ0n) is 11.0. The second-order valence-electron chi connectivity index (χ2n) is 5.48. The van der Waals surface area contributed by atoms with Gasteiger partial charge in [-0.3, -0.25) is 4.79 Å². The number of nitrogens with zero attached hydrogens (tertiary/aromatic N) is 1. The highest BCUT2D eigenvalue weighted by molar-refractivity contribution is 5.86. The quantitative estimate of drug-likeness (QED) is 0.787. The van der Waals surface area contributed by atoms with Crippen molar-refractivity contribution in [3.63, 3.8) is 0 Å². The predicted octanol–water partition coefficient (Wildman–Crippen LogP) is 1.16. The summed E-state index contributed by atoms with van der Waals surface area (Å²) < 4.78 is 5.35. The number of carbonyl (C=O) groups is 1. The molecule has 0 aromatic carbocycles. The fraction of sp³-hybridized carbons (Fsp3) is 0.923. The van der Waals surface area contributed by atoms with E-state index in [1.165, 1.54) is 6.42 Å². The Balaban J connectivity index is 1.97. The Kier molecular flexibility index (Phi) is 4.05. The lowest BCUT2D eigenvalue weighted by atomic mass is 9.89. The van der Waals surface area contributed by atoms with Gasteiger partial charge < -0.3 is 15.0 Å². The van der Waals surface area contributed by atoms with Crippen molar-refractivity contribution in [2.75, 3.05) is 26.8 Å². The number of piperidine rings is 1. The Labute approximate surface area is 104 Å². The fourth-order valence-corrected chi connectivity index (χ4v) is 2.87. The van der Waals surface area contributed by atoms with E-state index in [-0.39, 0.29) is 11.4 Å². The third-order valence-corrected chi connectivity index (χ3v) is 4.15. The third-order valence-electron chi connectivity index (χ3n) is 4.15. The maximum absolute atomic E-state index is 12.5. The van der Waals surface area contributed by atoms with E-state index in [4.69, 9.17) is 4.74 Å². The summed E-state index contributed by atoms with van der Waals surface area (Å²) in [5.41, 5.74) is -0.342. The summed E-state index contributed by atoms with van der Waals surface area (Å²) in [5, 5.41) is 3.39. The average molecular weight is 240 g/mol. The first-order valence-electron chi connectivity index (χ1n) is 6.73. The molecule has 2 fully saturated rings.